The Morgan fingerprint density at radius 2 is 2.60 bits per heavy atom. The third-order valence-electron chi connectivity index (χ3n) is 1.31. The van der Waals surface area contributed by atoms with Crippen LogP contribution in [-0.4, -0.2) is 18.2 Å². The van der Waals surface area contributed by atoms with Gasteiger partial charge in [-0.05, 0) is 13.0 Å². The minimum Gasteiger partial charge on any atom is -0.487 e. The largest absolute Gasteiger partial charge is 0.487 e. The Hall–Kier alpha value is -1.12. The topological polar surface area (TPSA) is 43.4 Å². The number of hydrogen-bond donors (Lipinski definition) is 0. The SMILES string of the molecule is CC1CC=C(C(=O)C=O)O1. The lowest BCUT2D eigenvalue weighted by Gasteiger charge is -2.03. The minimum absolute atomic E-state index is 0.0406. The van der Waals surface area contributed by atoms with Crippen molar-refractivity contribution in [2.75, 3.05) is 0 Å². The molecule has 1 heterocycles. The zero-order chi connectivity index (χ0) is 7.56. The predicted octanol–water partition coefficient (Wildman–Crippen LogP) is 0.447. The first-order valence-corrected chi connectivity index (χ1v) is 3.10. The van der Waals surface area contributed by atoms with E-state index in [9.17, 15) is 9.59 Å². The Balaban J connectivity index is 2.59. The number of ketones is 1. The molecule has 1 unspecified atom stereocenters. The summed E-state index contributed by atoms with van der Waals surface area (Å²) in [5.41, 5.74) is 0. The van der Waals surface area contributed by atoms with Crippen LogP contribution in [0.2, 0.25) is 0 Å². The number of carbonyl (C=O) groups excluding carboxylic acids is 2. The van der Waals surface area contributed by atoms with E-state index >= 15 is 0 Å². The van der Waals surface area contributed by atoms with E-state index in [1.807, 2.05) is 6.92 Å². The predicted molar refractivity (Wildman–Crippen MR) is 34.3 cm³/mol. The Morgan fingerprint density at radius 1 is 1.90 bits per heavy atom. The van der Waals surface area contributed by atoms with E-state index in [2.05, 4.69) is 0 Å². The third-order valence-corrected chi connectivity index (χ3v) is 1.31. The van der Waals surface area contributed by atoms with E-state index in [4.69, 9.17) is 4.74 Å². The van der Waals surface area contributed by atoms with Crippen LogP contribution in [0.5, 0.6) is 0 Å². The van der Waals surface area contributed by atoms with Crippen molar-refractivity contribution < 1.29 is 14.3 Å². The molecular formula is C7H8O3. The average Bonchev–Trinajstić information content (AvgIpc) is 2.34. The molecule has 0 aliphatic carbocycles. The van der Waals surface area contributed by atoms with Gasteiger partial charge in [0, 0.05) is 6.42 Å². The fourth-order valence-corrected chi connectivity index (χ4v) is 0.803. The molecule has 0 N–H and O–H groups in total. The summed E-state index contributed by atoms with van der Waals surface area (Å²) < 4.78 is 4.99. The summed E-state index contributed by atoms with van der Waals surface area (Å²) in [7, 11) is 0. The van der Waals surface area contributed by atoms with Crippen LogP contribution in [-0.2, 0) is 14.3 Å². The quantitative estimate of drug-likeness (QED) is 0.413. The minimum atomic E-state index is -0.565. The third kappa shape index (κ3) is 1.23. The zero-order valence-electron chi connectivity index (χ0n) is 5.66. The van der Waals surface area contributed by atoms with Gasteiger partial charge >= 0.3 is 0 Å². The van der Waals surface area contributed by atoms with Gasteiger partial charge in [-0.25, -0.2) is 0 Å². The number of ether oxygens (including phenoxy) is 1. The second-order valence-corrected chi connectivity index (χ2v) is 2.21. The second-order valence-electron chi connectivity index (χ2n) is 2.21. The van der Waals surface area contributed by atoms with Crippen LogP contribution in [0.15, 0.2) is 11.8 Å². The molecule has 0 spiro atoms. The summed E-state index contributed by atoms with van der Waals surface area (Å²) in [4.78, 5) is 20.5. The highest BCUT2D eigenvalue weighted by molar-refractivity contribution is 6.32. The van der Waals surface area contributed by atoms with Crippen LogP contribution in [0.25, 0.3) is 0 Å². The molecule has 0 aromatic heterocycles. The smallest absolute Gasteiger partial charge is 0.259 e. The molecule has 3 nitrogen and oxygen atoms in total. The summed E-state index contributed by atoms with van der Waals surface area (Å²) in [6.45, 7) is 1.85. The molecule has 1 aliphatic rings. The number of Topliss-reactive ketones (excluding diaryl/α,β-unsaturated/α-hetero) is 1. The number of rotatable bonds is 2. The maximum Gasteiger partial charge on any atom is 0.259 e. The first-order valence-electron chi connectivity index (χ1n) is 3.10. The molecule has 3 heteroatoms. The van der Waals surface area contributed by atoms with Crippen molar-refractivity contribution in [3.05, 3.63) is 11.8 Å². The number of allylic oxidation sites excluding steroid dienone is 1. The lowest BCUT2D eigenvalue weighted by molar-refractivity contribution is -0.129. The van der Waals surface area contributed by atoms with Gasteiger partial charge in [0.15, 0.2) is 12.0 Å². The van der Waals surface area contributed by atoms with Gasteiger partial charge in [-0.2, -0.15) is 0 Å². The van der Waals surface area contributed by atoms with Gasteiger partial charge in [-0.15, -0.1) is 0 Å². The first kappa shape index (κ1) is 6.99. The van der Waals surface area contributed by atoms with E-state index in [0.717, 1.165) is 6.42 Å². The van der Waals surface area contributed by atoms with Crippen molar-refractivity contribution in [3.8, 4) is 0 Å². The Kier molecular flexibility index (Phi) is 1.85. The molecule has 0 saturated carbocycles. The van der Waals surface area contributed by atoms with Crippen LogP contribution in [0.4, 0.5) is 0 Å². The summed E-state index contributed by atoms with van der Waals surface area (Å²) in [6.07, 6.45) is 2.67. The molecule has 0 aromatic carbocycles. The molecule has 0 aromatic rings. The Labute approximate surface area is 58.7 Å². The molecule has 0 fully saturated rings. The van der Waals surface area contributed by atoms with Gasteiger partial charge in [0.1, 0.15) is 0 Å². The van der Waals surface area contributed by atoms with Crippen molar-refractivity contribution in [1.82, 2.24) is 0 Å². The molecule has 1 atom stereocenters. The number of hydrogen-bond acceptors (Lipinski definition) is 3. The molecule has 1 aliphatic heterocycles. The highest BCUT2D eigenvalue weighted by Crippen LogP contribution is 2.15. The second kappa shape index (κ2) is 2.64. The van der Waals surface area contributed by atoms with Crippen LogP contribution in [0.3, 0.4) is 0 Å². The summed E-state index contributed by atoms with van der Waals surface area (Å²) >= 11 is 0. The maximum atomic E-state index is 10.6. The van der Waals surface area contributed by atoms with E-state index in [1.165, 1.54) is 0 Å². The first-order chi connectivity index (χ1) is 4.74. The van der Waals surface area contributed by atoms with E-state index in [1.54, 1.807) is 6.08 Å². The van der Waals surface area contributed by atoms with Crippen molar-refractivity contribution in [2.45, 2.75) is 19.4 Å². The van der Waals surface area contributed by atoms with Gasteiger partial charge in [0.2, 0.25) is 0 Å². The highest BCUT2D eigenvalue weighted by Gasteiger charge is 2.18. The summed E-state index contributed by atoms with van der Waals surface area (Å²) in [5.74, 6) is -0.369. The van der Waals surface area contributed by atoms with Crippen LogP contribution in [0, 0.1) is 0 Å². The molecule has 0 saturated heterocycles. The lowest BCUT2D eigenvalue weighted by atomic mass is 10.3. The van der Waals surface area contributed by atoms with E-state index in [0.29, 0.717) is 0 Å². The number of aldehydes is 1. The lowest BCUT2D eigenvalue weighted by Crippen LogP contribution is -2.07. The zero-order valence-corrected chi connectivity index (χ0v) is 5.66. The molecule has 0 radical (unpaired) electrons. The fourth-order valence-electron chi connectivity index (χ4n) is 0.803. The highest BCUT2D eigenvalue weighted by atomic mass is 16.5. The monoisotopic (exact) mass is 140 g/mol. The molecule has 1 rings (SSSR count). The van der Waals surface area contributed by atoms with Crippen molar-refractivity contribution in [1.29, 1.82) is 0 Å². The van der Waals surface area contributed by atoms with Crippen LogP contribution >= 0.6 is 0 Å². The standard InChI is InChI=1S/C7H8O3/c1-5-2-3-7(10-5)6(9)4-8/h3-5H,2H2,1H3. The van der Waals surface area contributed by atoms with Gasteiger partial charge in [-0.1, -0.05) is 0 Å². The normalized spacial score (nSPS) is 23.3. The van der Waals surface area contributed by atoms with Crippen LogP contribution < -0.4 is 0 Å². The van der Waals surface area contributed by atoms with Crippen LogP contribution in [0.1, 0.15) is 13.3 Å². The van der Waals surface area contributed by atoms with Gasteiger partial charge in [-0.3, -0.25) is 9.59 Å². The average molecular weight is 140 g/mol. The summed E-state index contributed by atoms with van der Waals surface area (Å²) in [6, 6.07) is 0. The van der Waals surface area contributed by atoms with E-state index < -0.39 is 5.78 Å². The molecule has 54 valence electrons. The Morgan fingerprint density at radius 3 is 3.00 bits per heavy atom. The van der Waals surface area contributed by atoms with Crippen molar-refractivity contribution in [2.24, 2.45) is 0 Å². The molecule has 10 heavy (non-hydrogen) atoms. The summed E-state index contributed by atoms with van der Waals surface area (Å²) in [5, 5.41) is 0. The Bertz CT molecular complexity index is 193. The van der Waals surface area contributed by atoms with Crippen molar-refractivity contribution >= 4 is 12.1 Å². The maximum absolute atomic E-state index is 10.6. The van der Waals surface area contributed by atoms with Gasteiger partial charge in [0.25, 0.3) is 5.78 Å². The van der Waals surface area contributed by atoms with Crippen molar-refractivity contribution in [3.63, 3.8) is 0 Å². The molecule has 0 amide bonds. The van der Waals surface area contributed by atoms with E-state index in [-0.39, 0.29) is 18.1 Å². The van der Waals surface area contributed by atoms with Gasteiger partial charge < -0.3 is 4.74 Å². The molecular weight excluding hydrogens is 132 g/mol. The molecule has 0 bridgehead atoms. The fraction of sp³-hybridized carbons (Fsp3) is 0.429. The number of carbonyl (C=O) groups is 2. The van der Waals surface area contributed by atoms with Gasteiger partial charge in [0.05, 0.1) is 6.10 Å².